The molecular weight excluding hydrogens is 270 g/mol. The lowest BCUT2D eigenvalue weighted by atomic mass is 9.98. The van der Waals surface area contributed by atoms with E-state index in [1.807, 2.05) is 30.3 Å². The molecular formula is C15H15N3O3. The van der Waals surface area contributed by atoms with E-state index in [-0.39, 0.29) is 6.42 Å². The summed E-state index contributed by atoms with van der Waals surface area (Å²) in [6, 6.07) is 9.28. The van der Waals surface area contributed by atoms with Gasteiger partial charge < -0.3 is 10.1 Å². The summed E-state index contributed by atoms with van der Waals surface area (Å²) in [5.74, 6) is -1.68. The highest BCUT2D eigenvalue weighted by atomic mass is 16.5. The zero-order chi connectivity index (χ0) is 15.1. The van der Waals surface area contributed by atoms with Gasteiger partial charge in [0.1, 0.15) is 5.92 Å². The number of methoxy groups -OCH3 is 1. The SMILES string of the molecule is COC(=O)C(Cc1ccccc1)C(=O)Nc1cnccn1. The highest BCUT2D eigenvalue weighted by Gasteiger charge is 2.28. The Hall–Kier alpha value is -2.76. The minimum absolute atomic E-state index is 0.264. The van der Waals surface area contributed by atoms with Crippen molar-refractivity contribution in [3.63, 3.8) is 0 Å². The Morgan fingerprint density at radius 2 is 2.00 bits per heavy atom. The second kappa shape index (κ2) is 7.14. The van der Waals surface area contributed by atoms with E-state index in [2.05, 4.69) is 15.3 Å². The average Bonchev–Trinajstić information content (AvgIpc) is 2.53. The summed E-state index contributed by atoms with van der Waals surface area (Å²) in [6.45, 7) is 0. The molecule has 6 nitrogen and oxygen atoms in total. The van der Waals surface area contributed by atoms with Crippen LogP contribution in [0.4, 0.5) is 5.82 Å². The van der Waals surface area contributed by atoms with Gasteiger partial charge in [-0.2, -0.15) is 0 Å². The fourth-order valence-electron chi connectivity index (χ4n) is 1.85. The van der Waals surface area contributed by atoms with Crippen LogP contribution in [0, 0.1) is 5.92 Å². The van der Waals surface area contributed by atoms with Crippen LogP contribution in [-0.4, -0.2) is 29.0 Å². The number of rotatable bonds is 5. The average molecular weight is 285 g/mol. The molecule has 0 spiro atoms. The minimum atomic E-state index is -0.931. The van der Waals surface area contributed by atoms with E-state index in [1.54, 1.807) is 0 Å². The monoisotopic (exact) mass is 285 g/mol. The number of nitrogens with one attached hydrogen (secondary N) is 1. The molecule has 1 atom stereocenters. The van der Waals surface area contributed by atoms with Crippen LogP contribution in [-0.2, 0) is 20.7 Å². The second-order valence-electron chi connectivity index (χ2n) is 4.35. The third kappa shape index (κ3) is 4.10. The highest BCUT2D eigenvalue weighted by Crippen LogP contribution is 2.13. The lowest BCUT2D eigenvalue weighted by Gasteiger charge is -2.14. The third-order valence-corrected chi connectivity index (χ3v) is 2.90. The Labute approximate surface area is 122 Å². The van der Waals surface area contributed by atoms with Crippen LogP contribution < -0.4 is 5.32 Å². The predicted octanol–water partition coefficient (Wildman–Crippen LogP) is 1.45. The molecule has 0 aliphatic heterocycles. The van der Waals surface area contributed by atoms with E-state index in [1.165, 1.54) is 25.7 Å². The van der Waals surface area contributed by atoms with Gasteiger partial charge in [-0.25, -0.2) is 4.98 Å². The number of hydrogen-bond donors (Lipinski definition) is 1. The Kier molecular flexibility index (Phi) is 4.98. The van der Waals surface area contributed by atoms with Crippen LogP contribution in [0.1, 0.15) is 5.56 Å². The van der Waals surface area contributed by atoms with E-state index in [0.717, 1.165) is 5.56 Å². The molecule has 0 saturated carbocycles. The topological polar surface area (TPSA) is 81.2 Å². The molecule has 0 fully saturated rings. The summed E-state index contributed by atoms with van der Waals surface area (Å²) in [6.07, 6.45) is 4.63. The maximum Gasteiger partial charge on any atom is 0.318 e. The van der Waals surface area contributed by atoms with Gasteiger partial charge in [-0.1, -0.05) is 30.3 Å². The number of carbonyl (C=O) groups excluding carboxylic acids is 2. The standard InChI is InChI=1S/C15H15N3O3/c1-21-15(20)12(9-11-5-3-2-4-6-11)14(19)18-13-10-16-7-8-17-13/h2-8,10,12H,9H2,1H3,(H,17,18,19). The molecule has 108 valence electrons. The van der Waals surface area contributed by atoms with Crippen LogP contribution >= 0.6 is 0 Å². The number of esters is 1. The molecule has 2 rings (SSSR count). The van der Waals surface area contributed by atoms with Crippen molar-refractivity contribution in [1.82, 2.24) is 9.97 Å². The Balaban J connectivity index is 2.12. The van der Waals surface area contributed by atoms with Crippen molar-refractivity contribution in [2.45, 2.75) is 6.42 Å². The Morgan fingerprint density at radius 3 is 2.62 bits per heavy atom. The number of ether oxygens (including phenoxy) is 1. The highest BCUT2D eigenvalue weighted by molar-refractivity contribution is 6.04. The molecule has 6 heteroatoms. The van der Waals surface area contributed by atoms with Crippen molar-refractivity contribution < 1.29 is 14.3 Å². The van der Waals surface area contributed by atoms with Gasteiger partial charge in [-0.3, -0.25) is 14.6 Å². The zero-order valence-electron chi connectivity index (χ0n) is 11.5. The van der Waals surface area contributed by atoms with Gasteiger partial charge in [0.25, 0.3) is 0 Å². The number of aromatic nitrogens is 2. The molecule has 0 saturated heterocycles. The molecule has 1 aromatic carbocycles. The normalized spacial score (nSPS) is 11.5. The van der Waals surface area contributed by atoms with Gasteiger partial charge in [0.2, 0.25) is 5.91 Å². The first-order valence-corrected chi connectivity index (χ1v) is 6.39. The number of anilines is 1. The largest absolute Gasteiger partial charge is 0.468 e. The van der Waals surface area contributed by atoms with E-state index in [9.17, 15) is 9.59 Å². The zero-order valence-corrected chi connectivity index (χ0v) is 11.5. The molecule has 1 amide bonds. The summed E-state index contributed by atoms with van der Waals surface area (Å²) in [5.41, 5.74) is 0.877. The molecule has 1 N–H and O–H groups in total. The lowest BCUT2D eigenvalue weighted by molar-refractivity contribution is -0.148. The van der Waals surface area contributed by atoms with E-state index < -0.39 is 17.8 Å². The van der Waals surface area contributed by atoms with Gasteiger partial charge in [-0.05, 0) is 12.0 Å². The van der Waals surface area contributed by atoms with Gasteiger partial charge in [0.05, 0.1) is 13.3 Å². The first-order valence-electron chi connectivity index (χ1n) is 6.39. The van der Waals surface area contributed by atoms with Crippen molar-refractivity contribution in [3.8, 4) is 0 Å². The number of benzene rings is 1. The molecule has 1 aromatic heterocycles. The third-order valence-electron chi connectivity index (χ3n) is 2.90. The fourth-order valence-corrected chi connectivity index (χ4v) is 1.85. The summed E-state index contributed by atoms with van der Waals surface area (Å²) in [7, 11) is 1.26. The predicted molar refractivity (Wildman–Crippen MR) is 76.3 cm³/mol. The van der Waals surface area contributed by atoms with Crippen LogP contribution in [0.25, 0.3) is 0 Å². The van der Waals surface area contributed by atoms with Crippen LogP contribution in [0.5, 0.6) is 0 Å². The maximum absolute atomic E-state index is 12.2. The van der Waals surface area contributed by atoms with Crippen LogP contribution in [0.3, 0.4) is 0 Å². The number of nitrogens with zero attached hydrogens (tertiary/aromatic N) is 2. The lowest BCUT2D eigenvalue weighted by Crippen LogP contribution is -2.32. The summed E-state index contributed by atoms with van der Waals surface area (Å²) in [5, 5.41) is 2.56. The van der Waals surface area contributed by atoms with Crippen molar-refractivity contribution in [3.05, 3.63) is 54.5 Å². The van der Waals surface area contributed by atoms with E-state index in [4.69, 9.17) is 4.74 Å². The smallest absolute Gasteiger partial charge is 0.318 e. The quantitative estimate of drug-likeness (QED) is 0.664. The van der Waals surface area contributed by atoms with Gasteiger partial charge in [-0.15, -0.1) is 0 Å². The summed E-state index contributed by atoms with van der Waals surface area (Å²) in [4.78, 5) is 31.9. The van der Waals surface area contributed by atoms with E-state index in [0.29, 0.717) is 5.82 Å². The van der Waals surface area contributed by atoms with Crippen molar-refractivity contribution in [2.24, 2.45) is 5.92 Å². The molecule has 21 heavy (non-hydrogen) atoms. The molecule has 1 unspecified atom stereocenters. The molecule has 0 aliphatic carbocycles. The summed E-state index contributed by atoms with van der Waals surface area (Å²) < 4.78 is 4.71. The number of hydrogen-bond acceptors (Lipinski definition) is 5. The first-order chi connectivity index (χ1) is 10.2. The van der Waals surface area contributed by atoms with Crippen molar-refractivity contribution >= 4 is 17.7 Å². The number of amides is 1. The molecule has 2 aromatic rings. The fraction of sp³-hybridized carbons (Fsp3) is 0.200. The van der Waals surface area contributed by atoms with Gasteiger partial charge in [0, 0.05) is 12.4 Å². The second-order valence-corrected chi connectivity index (χ2v) is 4.35. The van der Waals surface area contributed by atoms with Gasteiger partial charge in [0.15, 0.2) is 5.82 Å². The maximum atomic E-state index is 12.2. The summed E-state index contributed by atoms with van der Waals surface area (Å²) >= 11 is 0. The first kappa shape index (κ1) is 14.6. The van der Waals surface area contributed by atoms with Crippen LogP contribution in [0.15, 0.2) is 48.9 Å². The van der Waals surface area contributed by atoms with Crippen molar-refractivity contribution in [2.75, 3.05) is 12.4 Å². The van der Waals surface area contributed by atoms with Crippen molar-refractivity contribution in [1.29, 1.82) is 0 Å². The number of carbonyl (C=O) groups is 2. The Bertz CT molecular complexity index is 602. The molecule has 0 aliphatic rings. The van der Waals surface area contributed by atoms with E-state index >= 15 is 0 Å². The Morgan fingerprint density at radius 1 is 1.24 bits per heavy atom. The van der Waals surface area contributed by atoms with Gasteiger partial charge >= 0.3 is 5.97 Å². The molecule has 1 heterocycles. The minimum Gasteiger partial charge on any atom is -0.468 e. The molecule has 0 radical (unpaired) electrons. The molecule has 0 bridgehead atoms. The van der Waals surface area contributed by atoms with Crippen LogP contribution in [0.2, 0.25) is 0 Å².